The molecule has 2 aromatic rings. The van der Waals surface area contributed by atoms with Crippen molar-refractivity contribution in [1.82, 2.24) is 4.90 Å². The van der Waals surface area contributed by atoms with Crippen molar-refractivity contribution in [1.29, 1.82) is 0 Å². The van der Waals surface area contributed by atoms with Crippen LogP contribution in [0.4, 0.5) is 10.1 Å². The zero-order chi connectivity index (χ0) is 18.8. The molecule has 0 saturated heterocycles. The average molecular weight is 352 g/mol. The molecule has 0 spiro atoms. The summed E-state index contributed by atoms with van der Waals surface area (Å²) in [5, 5.41) is 3.09. The lowest BCUT2D eigenvalue weighted by Crippen LogP contribution is -2.32. The Kier molecular flexibility index (Phi) is 4.89. The molecule has 2 aromatic carbocycles. The van der Waals surface area contributed by atoms with Crippen LogP contribution in [0.3, 0.4) is 0 Å². The molecule has 134 valence electrons. The summed E-state index contributed by atoms with van der Waals surface area (Å²) in [4.78, 5) is 26.6. The molecule has 5 heteroatoms. The van der Waals surface area contributed by atoms with Crippen molar-refractivity contribution in [2.75, 3.05) is 11.9 Å². The number of amides is 2. The maximum Gasteiger partial charge on any atom is 0.278 e. The number of nitrogens with zero attached hydrogens (tertiary/aromatic N) is 1. The van der Waals surface area contributed by atoms with Gasteiger partial charge in [0.15, 0.2) is 0 Å². The number of benzene rings is 2. The first-order valence-corrected chi connectivity index (χ1v) is 8.65. The van der Waals surface area contributed by atoms with Crippen molar-refractivity contribution >= 4 is 23.1 Å². The number of likely N-dealkylation sites (N-methyl/N-ethyl adjacent to an activating group) is 1. The highest BCUT2D eigenvalue weighted by atomic mass is 19.1. The van der Waals surface area contributed by atoms with E-state index in [0.29, 0.717) is 11.5 Å². The molecule has 0 aliphatic carbocycles. The topological polar surface area (TPSA) is 49.4 Å². The Morgan fingerprint density at radius 3 is 2.12 bits per heavy atom. The summed E-state index contributed by atoms with van der Waals surface area (Å²) in [5.41, 5.74) is 2.92. The van der Waals surface area contributed by atoms with Gasteiger partial charge in [0, 0.05) is 12.2 Å². The SMILES string of the molecule is CCN1C(=O)C(Nc2ccc(C(C)C)cc2)=C(c2ccc(F)cc2)C1=O. The molecule has 0 unspecified atom stereocenters. The zero-order valence-corrected chi connectivity index (χ0v) is 15.0. The molecule has 1 N–H and O–H groups in total. The van der Waals surface area contributed by atoms with Gasteiger partial charge in [0.1, 0.15) is 11.5 Å². The van der Waals surface area contributed by atoms with Crippen LogP contribution in [0.15, 0.2) is 54.2 Å². The van der Waals surface area contributed by atoms with Crippen LogP contribution in [0, 0.1) is 5.82 Å². The summed E-state index contributed by atoms with van der Waals surface area (Å²) in [7, 11) is 0. The third-order valence-corrected chi connectivity index (χ3v) is 4.46. The standard InChI is InChI=1S/C21H21FN2O2/c1-4-24-20(25)18(15-5-9-16(22)10-6-15)19(21(24)26)23-17-11-7-14(8-12-17)13(2)3/h5-13,23H,4H2,1-3H3. The molecule has 0 bridgehead atoms. The largest absolute Gasteiger partial charge is 0.350 e. The quantitative estimate of drug-likeness (QED) is 0.822. The van der Waals surface area contributed by atoms with E-state index in [1.54, 1.807) is 6.92 Å². The highest BCUT2D eigenvalue weighted by Gasteiger charge is 2.38. The van der Waals surface area contributed by atoms with Gasteiger partial charge < -0.3 is 5.32 Å². The van der Waals surface area contributed by atoms with Gasteiger partial charge in [-0.3, -0.25) is 14.5 Å². The van der Waals surface area contributed by atoms with Crippen molar-refractivity contribution in [2.45, 2.75) is 26.7 Å². The third kappa shape index (κ3) is 3.25. The Hall–Kier alpha value is -2.95. The van der Waals surface area contributed by atoms with Crippen LogP contribution in [0.25, 0.3) is 5.57 Å². The Labute approximate surface area is 152 Å². The second-order valence-corrected chi connectivity index (χ2v) is 6.51. The van der Waals surface area contributed by atoms with Crippen LogP contribution in [0.2, 0.25) is 0 Å². The number of nitrogens with one attached hydrogen (secondary N) is 1. The maximum absolute atomic E-state index is 13.2. The van der Waals surface area contributed by atoms with Crippen LogP contribution >= 0.6 is 0 Å². The van der Waals surface area contributed by atoms with Crippen LogP contribution in [0.5, 0.6) is 0 Å². The molecule has 0 fully saturated rings. The fourth-order valence-corrected chi connectivity index (χ4v) is 2.96. The van der Waals surface area contributed by atoms with Gasteiger partial charge in [-0.15, -0.1) is 0 Å². The van der Waals surface area contributed by atoms with Crippen LogP contribution in [0.1, 0.15) is 37.8 Å². The number of carbonyl (C=O) groups is 2. The molecule has 1 aliphatic heterocycles. The van der Waals surface area contributed by atoms with Crippen LogP contribution in [-0.2, 0) is 9.59 Å². The number of hydrogen-bond acceptors (Lipinski definition) is 3. The number of anilines is 1. The number of imide groups is 1. The summed E-state index contributed by atoms with van der Waals surface area (Å²) >= 11 is 0. The minimum Gasteiger partial charge on any atom is -0.350 e. The number of halogens is 1. The minimum atomic E-state index is -0.391. The summed E-state index contributed by atoms with van der Waals surface area (Å²) in [6.45, 7) is 6.24. The molecule has 4 nitrogen and oxygen atoms in total. The zero-order valence-electron chi connectivity index (χ0n) is 15.0. The minimum absolute atomic E-state index is 0.223. The van der Waals surface area contributed by atoms with Crippen LogP contribution < -0.4 is 5.32 Å². The lowest BCUT2D eigenvalue weighted by molar-refractivity contribution is -0.136. The highest BCUT2D eigenvalue weighted by Crippen LogP contribution is 2.30. The van der Waals surface area contributed by atoms with E-state index in [1.165, 1.54) is 34.7 Å². The first-order chi connectivity index (χ1) is 12.4. The second kappa shape index (κ2) is 7.12. The third-order valence-electron chi connectivity index (χ3n) is 4.46. The smallest absolute Gasteiger partial charge is 0.278 e. The van der Waals surface area contributed by atoms with E-state index in [0.717, 1.165) is 5.69 Å². The van der Waals surface area contributed by atoms with Gasteiger partial charge in [-0.05, 0) is 48.2 Å². The van der Waals surface area contributed by atoms with Gasteiger partial charge in [0.25, 0.3) is 11.8 Å². The lowest BCUT2D eigenvalue weighted by atomic mass is 10.0. The first-order valence-electron chi connectivity index (χ1n) is 8.65. The molecule has 1 heterocycles. The van der Waals surface area contributed by atoms with E-state index in [2.05, 4.69) is 19.2 Å². The van der Waals surface area contributed by atoms with Crippen molar-refractivity contribution in [2.24, 2.45) is 0 Å². The Morgan fingerprint density at radius 2 is 1.58 bits per heavy atom. The van der Waals surface area contributed by atoms with Crippen molar-refractivity contribution in [3.05, 3.63) is 71.2 Å². The molecule has 0 saturated carbocycles. The second-order valence-electron chi connectivity index (χ2n) is 6.51. The van der Waals surface area contributed by atoms with E-state index in [9.17, 15) is 14.0 Å². The van der Waals surface area contributed by atoms with Gasteiger partial charge in [-0.1, -0.05) is 38.1 Å². The molecular weight excluding hydrogens is 331 g/mol. The molecule has 0 atom stereocenters. The van der Waals surface area contributed by atoms with Gasteiger partial charge in [0.05, 0.1) is 5.57 Å². The molecule has 1 aliphatic rings. The molecule has 0 aromatic heterocycles. The van der Waals surface area contributed by atoms with E-state index in [1.807, 2.05) is 24.3 Å². The van der Waals surface area contributed by atoms with Gasteiger partial charge in [-0.2, -0.15) is 0 Å². The van der Waals surface area contributed by atoms with Gasteiger partial charge in [0.2, 0.25) is 0 Å². The van der Waals surface area contributed by atoms with Crippen molar-refractivity contribution < 1.29 is 14.0 Å². The summed E-state index contributed by atoms with van der Waals surface area (Å²) in [6.07, 6.45) is 0. The molecule has 26 heavy (non-hydrogen) atoms. The van der Waals surface area contributed by atoms with E-state index in [4.69, 9.17) is 0 Å². The number of carbonyl (C=O) groups excluding carboxylic acids is 2. The average Bonchev–Trinajstić information content (AvgIpc) is 2.86. The first kappa shape index (κ1) is 17.9. The highest BCUT2D eigenvalue weighted by molar-refractivity contribution is 6.36. The number of hydrogen-bond donors (Lipinski definition) is 1. The van der Waals surface area contributed by atoms with Crippen LogP contribution in [-0.4, -0.2) is 23.3 Å². The van der Waals surface area contributed by atoms with Crippen molar-refractivity contribution in [3.8, 4) is 0 Å². The Morgan fingerprint density at radius 1 is 0.962 bits per heavy atom. The lowest BCUT2D eigenvalue weighted by Gasteiger charge is -2.12. The fourth-order valence-electron chi connectivity index (χ4n) is 2.96. The summed E-state index contributed by atoms with van der Waals surface area (Å²) in [5.74, 6) is -0.726. The summed E-state index contributed by atoms with van der Waals surface area (Å²) < 4.78 is 13.2. The molecule has 2 amide bonds. The molecule has 0 radical (unpaired) electrons. The predicted molar refractivity (Wildman–Crippen MR) is 99.9 cm³/mol. The summed E-state index contributed by atoms with van der Waals surface area (Å²) in [6, 6.07) is 13.3. The fraction of sp³-hybridized carbons (Fsp3) is 0.238. The van der Waals surface area contributed by atoms with Gasteiger partial charge in [-0.25, -0.2) is 4.39 Å². The molecular formula is C21H21FN2O2. The van der Waals surface area contributed by atoms with Gasteiger partial charge >= 0.3 is 0 Å². The molecule has 3 rings (SSSR count). The maximum atomic E-state index is 13.2. The van der Waals surface area contributed by atoms with E-state index in [-0.39, 0.29) is 29.6 Å². The normalized spacial score (nSPS) is 14.6. The van der Waals surface area contributed by atoms with Crippen molar-refractivity contribution in [3.63, 3.8) is 0 Å². The predicted octanol–water partition coefficient (Wildman–Crippen LogP) is 4.16. The monoisotopic (exact) mass is 352 g/mol. The van der Waals surface area contributed by atoms with E-state index < -0.39 is 5.82 Å². The Balaban J connectivity index is 2.02. The van der Waals surface area contributed by atoms with E-state index >= 15 is 0 Å². The Bertz CT molecular complexity index is 868. The number of rotatable bonds is 5.